The molecule has 0 spiro atoms. The molecule has 8 heteroatoms. The lowest BCUT2D eigenvalue weighted by atomic mass is 10.2. The second-order valence-corrected chi connectivity index (χ2v) is 4.66. The summed E-state index contributed by atoms with van der Waals surface area (Å²) in [7, 11) is 1.72. The number of hydrogen-bond donors (Lipinski definition) is 2. The Labute approximate surface area is 130 Å². The van der Waals surface area contributed by atoms with E-state index in [0.29, 0.717) is 11.3 Å². The molecule has 0 unspecified atom stereocenters. The molecule has 0 aliphatic heterocycles. The molecule has 0 atom stereocenters. The van der Waals surface area contributed by atoms with Crippen LogP contribution in [-0.2, 0) is 0 Å². The summed E-state index contributed by atoms with van der Waals surface area (Å²) in [5.74, 6) is 0.737. The number of nitrogens with one attached hydrogen (secondary N) is 1. The second kappa shape index (κ2) is 5.99. The van der Waals surface area contributed by atoms with E-state index in [2.05, 4.69) is 15.1 Å². The van der Waals surface area contributed by atoms with Crippen molar-refractivity contribution in [1.82, 2.24) is 9.66 Å². The number of halogens is 2. The van der Waals surface area contributed by atoms with Gasteiger partial charge in [-0.2, -0.15) is 8.78 Å². The highest BCUT2D eigenvalue weighted by atomic mass is 19.3. The Hall–Kier alpha value is -3.03. The van der Waals surface area contributed by atoms with Gasteiger partial charge in [0.05, 0.1) is 5.52 Å². The normalized spacial score (nSPS) is 11.0. The maximum absolute atomic E-state index is 12.7. The Bertz CT molecular complexity index is 835. The van der Waals surface area contributed by atoms with Gasteiger partial charge in [0.2, 0.25) is 0 Å². The number of alkyl halides is 2. The Morgan fingerprint density at radius 3 is 2.74 bits per heavy atom. The Morgan fingerprint density at radius 2 is 2.04 bits per heavy atom. The predicted octanol–water partition coefficient (Wildman–Crippen LogP) is 3.19. The van der Waals surface area contributed by atoms with Crippen LogP contribution in [0.15, 0.2) is 42.7 Å². The standard InChI is InChI=1S/C15H14F2N4O2/c1-19-21-5-3-9-6-12(13(8-11(9)21)23-15(16)17)22-10-2-4-20-14(18)7-10/h2-8,15,19H,1H3,(H2,18,20). The van der Waals surface area contributed by atoms with Crippen LogP contribution in [0.2, 0.25) is 0 Å². The van der Waals surface area contributed by atoms with Crippen molar-refractivity contribution in [2.75, 3.05) is 18.2 Å². The fraction of sp³-hybridized carbons (Fsp3) is 0.133. The lowest BCUT2D eigenvalue weighted by molar-refractivity contribution is -0.0509. The number of fused-ring (bicyclic) bond motifs is 1. The number of pyridine rings is 1. The molecule has 2 heterocycles. The molecule has 23 heavy (non-hydrogen) atoms. The third-order valence-electron chi connectivity index (χ3n) is 3.19. The lowest BCUT2D eigenvalue weighted by Gasteiger charge is -2.13. The van der Waals surface area contributed by atoms with Crippen molar-refractivity contribution in [2.45, 2.75) is 6.61 Å². The van der Waals surface area contributed by atoms with Crippen molar-refractivity contribution in [3.05, 3.63) is 42.7 Å². The van der Waals surface area contributed by atoms with Gasteiger partial charge >= 0.3 is 6.61 Å². The summed E-state index contributed by atoms with van der Waals surface area (Å²) in [6.45, 7) is -2.96. The Morgan fingerprint density at radius 1 is 1.22 bits per heavy atom. The highest BCUT2D eigenvalue weighted by Crippen LogP contribution is 2.37. The van der Waals surface area contributed by atoms with Crippen molar-refractivity contribution < 1.29 is 18.3 Å². The molecule has 0 amide bonds. The van der Waals surface area contributed by atoms with Crippen LogP contribution in [0.25, 0.3) is 10.9 Å². The van der Waals surface area contributed by atoms with Crippen molar-refractivity contribution in [3.8, 4) is 17.2 Å². The van der Waals surface area contributed by atoms with Crippen LogP contribution in [0.3, 0.4) is 0 Å². The number of rotatable bonds is 5. The topological polar surface area (TPSA) is 74.3 Å². The maximum atomic E-state index is 12.7. The third-order valence-corrected chi connectivity index (χ3v) is 3.19. The zero-order chi connectivity index (χ0) is 16.4. The fourth-order valence-electron chi connectivity index (χ4n) is 2.22. The molecule has 0 aliphatic carbocycles. The molecule has 3 N–H and O–H groups in total. The first kappa shape index (κ1) is 14.9. The van der Waals surface area contributed by atoms with E-state index in [1.165, 1.54) is 18.3 Å². The number of aromatic nitrogens is 2. The van der Waals surface area contributed by atoms with Gasteiger partial charge in [0.25, 0.3) is 0 Å². The van der Waals surface area contributed by atoms with Gasteiger partial charge in [-0.1, -0.05) is 0 Å². The maximum Gasteiger partial charge on any atom is 0.387 e. The van der Waals surface area contributed by atoms with Gasteiger partial charge in [0.1, 0.15) is 11.6 Å². The van der Waals surface area contributed by atoms with Gasteiger partial charge in [-0.3, -0.25) is 4.68 Å². The van der Waals surface area contributed by atoms with Crippen molar-refractivity contribution >= 4 is 16.7 Å². The first-order chi connectivity index (χ1) is 11.1. The van der Waals surface area contributed by atoms with Gasteiger partial charge in [-0.05, 0) is 18.2 Å². The Balaban J connectivity index is 2.06. The van der Waals surface area contributed by atoms with Gasteiger partial charge in [0, 0.05) is 37.0 Å². The van der Waals surface area contributed by atoms with Crippen molar-refractivity contribution in [2.24, 2.45) is 0 Å². The molecule has 3 rings (SSSR count). The van der Waals surface area contributed by atoms with E-state index in [4.69, 9.17) is 10.5 Å². The molecular weight excluding hydrogens is 306 g/mol. The quantitative estimate of drug-likeness (QED) is 0.755. The molecule has 0 saturated heterocycles. The summed E-state index contributed by atoms with van der Waals surface area (Å²) < 4.78 is 37.3. The van der Waals surface area contributed by atoms with Crippen LogP contribution in [0, 0.1) is 0 Å². The van der Waals surface area contributed by atoms with Crippen molar-refractivity contribution in [1.29, 1.82) is 0 Å². The van der Waals surface area contributed by atoms with Crippen LogP contribution in [-0.4, -0.2) is 23.3 Å². The van der Waals surface area contributed by atoms with E-state index >= 15 is 0 Å². The van der Waals surface area contributed by atoms with Gasteiger partial charge in [0.15, 0.2) is 11.5 Å². The minimum Gasteiger partial charge on any atom is -0.453 e. The number of hydrogen-bond acceptors (Lipinski definition) is 5. The van der Waals surface area contributed by atoms with Crippen molar-refractivity contribution in [3.63, 3.8) is 0 Å². The third kappa shape index (κ3) is 3.10. The highest BCUT2D eigenvalue weighted by molar-refractivity contribution is 5.84. The van der Waals surface area contributed by atoms with E-state index in [1.54, 1.807) is 30.1 Å². The van der Waals surface area contributed by atoms with Crippen LogP contribution >= 0.6 is 0 Å². The number of benzene rings is 1. The summed E-state index contributed by atoms with van der Waals surface area (Å²) in [5.41, 5.74) is 9.19. The van der Waals surface area contributed by atoms with E-state index in [-0.39, 0.29) is 17.3 Å². The zero-order valence-electron chi connectivity index (χ0n) is 12.2. The van der Waals surface area contributed by atoms with E-state index < -0.39 is 6.61 Å². The molecule has 3 aromatic rings. The molecule has 6 nitrogen and oxygen atoms in total. The summed E-state index contributed by atoms with van der Waals surface area (Å²) in [6.07, 6.45) is 3.24. The fourth-order valence-corrected chi connectivity index (χ4v) is 2.22. The summed E-state index contributed by atoms with van der Waals surface area (Å²) in [5, 5.41) is 0.804. The van der Waals surface area contributed by atoms with E-state index in [1.807, 2.05) is 6.07 Å². The average Bonchev–Trinajstić information content (AvgIpc) is 2.89. The molecule has 1 aromatic carbocycles. The molecule has 0 bridgehead atoms. The van der Waals surface area contributed by atoms with Crippen LogP contribution in [0.5, 0.6) is 17.2 Å². The minimum atomic E-state index is -2.96. The number of anilines is 1. The number of nitrogens with zero attached hydrogens (tertiary/aromatic N) is 2. The minimum absolute atomic E-state index is 0.0712. The largest absolute Gasteiger partial charge is 0.453 e. The van der Waals surface area contributed by atoms with Gasteiger partial charge in [-0.15, -0.1) is 0 Å². The Kier molecular flexibility index (Phi) is 3.88. The molecule has 0 aliphatic rings. The average molecular weight is 320 g/mol. The van der Waals surface area contributed by atoms with Crippen LogP contribution < -0.4 is 20.6 Å². The SMILES string of the molecule is CNn1ccc2cc(Oc3ccnc(N)c3)c(OC(F)F)cc21. The predicted molar refractivity (Wildman–Crippen MR) is 82.6 cm³/mol. The zero-order valence-corrected chi connectivity index (χ0v) is 12.2. The lowest BCUT2D eigenvalue weighted by Crippen LogP contribution is -2.07. The number of ether oxygens (including phenoxy) is 2. The smallest absolute Gasteiger partial charge is 0.387 e. The molecule has 0 saturated carbocycles. The van der Waals surface area contributed by atoms with Crippen LogP contribution in [0.4, 0.5) is 14.6 Å². The monoisotopic (exact) mass is 320 g/mol. The first-order valence-corrected chi connectivity index (χ1v) is 6.74. The van der Waals surface area contributed by atoms with E-state index in [0.717, 1.165) is 5.39 Å². The molecule has 0 fully saturated rings. The summed E-state index contributed by atoms with van der Waals surface area (Å²) in [6, 6.07) is 8.00. The molecule has 0 radical (unpaired) electrons. The summed E-state index contributed by atoms with van der Waals surface area (Å²) in [4.78, 5) is 3.85. The summed E-state index contributed by atoms with van der Waals surface area (Å²) >= 11 is 0. The molecular formula is C15H14F2N4O2. The highest BCUT2D eigenvalue weighted by Gasteiger charge is 2.15. The van der Waals surface area contributed by atoms with Crippen LogP contribution in [0.1, 0.15) is 0 Å². The van der Waals surface area contributed by atoms with Gasteiger partial charge < -0.3 is 20.6 Å². The number of nitrogen functional groups attached to an aromatic ring is 1. The second-order valence-electron chi connectivity index (χ2n) is 4.66. The number of nitrogens with two attached hydrogens (primary N) is 1. The molecule has 120 valence electrons. The molecule has 2 aromatic heterocycles. The first-order valence-electron chi connectivity index (χ1n) is 6.74. The van der Waals surface area contributed by atoms with Gasteiger partial charge in [-0.25, -0.2) is 4.98 Å². The van der Waals surface area contributed by atoms with E-state index in [9.17, 15) is 8.78 Å².